The van der Waals surface area contributed by atoms with E-state index in [1.165, 1.54) is 18.5 Å². The second-order valence-corrected chi connectivity index (χ2v) is 6.32. The third-order valence-corrected chi connectivity index (χ3v) is 4.26. The van der Waals surface area contributed by atoms with Crippen LogP contribution in [0.5, 0.6) is 0 Å². The molecule has 1 aromatic carbocycles. The van der Waals surface area contributed by atoms with Gasteiger partial charge in [-0.05, 0) is 56.9 Å². The maximum Gasteiger partial charge on any atom is 0.224 e. The highest BCUT2D eigenvalue weighted by Crippen LogP contribution is 2.25. The molecule has 7 heteroatoms. The average Bonchev–Trinajstić information content (AvgIpc) is 2.98. The third-order valence-electron chi connectivity index (χ3n) is 4.26. The van der Waals surface area contributed by atoms with Gasteiger partial charge < -0.3 is 15.6 Å². The molecule has 0 radical (unpaired) electrons. The van der Waals surface area contributed by atoms with Crippen LogP contribution in [0.3, 0.4) is 0 Å². The number of halogens is 2. The fourth-order valence-corrected chi connectivity index (χ4v) is 2.95. The number of imidazole rings is 1. The number of fused-ring (bicyclic) bond motifs is 1. The molecule has 1 atom stereocenters. The van der Waals surface area contributed by atoms with Crippen LogP contribution in [-0.2, 0) is 17.8 Å². The molecule has 0 bridgehead atoms. The number of amides is 1. The van der Waals surface area contributed by atoms with Crippen molar-refractivity contribution < 1.29 is 4.79 Å². The van der Waals surface area contributed by atoms with Crippen molar-refractivity contribution in [2.45, 2.75) is 51.6 Å². The van der Waals surface area contributed by atoms with E-state index in [0.717, 1.165) is 30.0 Å². The van der Waals surface area contributed by atoms with E-state index in [-0.39, 0.29) is 36.8 Å². The summed E-state index contributed by atoms with van der Waals surface area (Å²) in [6.45, 7) is 2.95. The molecule has 3 rings (SSSR count). The standard InChI is InChI=1S/C18H24N4O.2ClH/c1-13(19)5-10-17(23)21-15-8-6-14(7-9-15)18-20-12-16-4-2-3-11-22(16)18;;/h6-9,12-13H,2-5,10-11,19H2,1H3,(H,21,23);2*1H. The quantitative estimate of drug-likeness (QED) is 0.822. The number of hydrogen-bond acceptors (Lipinski definition) is 3. The molecule has 0 saturated carbocycles. The summed E-state index contributed by atoms with van der Waals surface area (Å²) < 4.78 is 2.31. The van der Waals surface area contributed by atoms with Crippen molar-refractivity contribution in [1.82, 2.24) is 9.55 Å². The van der Waals surface area contributed by atoms with Gasteiger partial charge in [0.05, 0.1) is 0 Å². The highest BCUT2D eigenvalue weighted by Gasteiger charge is 2.15. The molecule has 1 aromatic heterocycles. The summed E-state index contributed by atoms with van der Waals surface area (Å²) in [6, 6.07) is 7.96. The monoisotopic (exact) mass is 384 g/mol. The minimum absolute atomic E-state index is 0. The molecule has 0 fully saturated rings. The molecule has 3 N–H and O–H groups in total. The van der Waals surface area contributed by atoms with E-state index in [2.05, 4.69) is 14.9 Å². The van der Waals surface area contributed by atoms with E-state index in [0.29, 0.717) is 12.8 Å². The Balaban J connectivity index is 0.00000156. The fourth-order valence-electron chi connectivity index (χ4n) is 2.95. The van der Waals surface area contributed by atoms with Crippen molar-refractivity contribution in [2.24, 2.45) is 5.73 Å². The predicted octanol–water partition coefficient (Wildman–Crippen LogP) is 3.80. The van der Waals surface area contributed by atoms with E-state index >= 15 is 0 Å². The summed E-state index contributed by atoms with van der Waals surface area (Å²) in [5.41, 5.74) is 8.90. The lowest BCUT2D eigenvalue weighted by atomic mass is 10.1. The molecule has 138 valence electrons. The molecule has 2 aromatic rings. The Morgan fingerprint density at radius 1 is 1.28 bits per heavy atom. The Morgan fingerprint density at radius 2 is 2.00 bits per heavy atom. The summed E-state index contributed by atoms with van der Waals surface area (Å²) >= 11 is 0. The number of rotatable bonds is 5. The second kappa shape index (κ2) is 9.80. The SMILES string of the molecule is CC(N)CCC(=O)Nc1ccc(-c2ncc3n2CCCC3)cc1.Cl.Cl. The highest BCUT2D eigenvalue weighted by atomic mass is 35.5. The van der Waals surface area contributed by atoms with Gasteiger partial charge in [0.2, 0.25) is 5.91 Å². The Labute approximate surface area is 161 Å². The van der Waals surface area contributed by atoms with Crippen molar-refractivity contribution >= 4 is 36.4 Å². The third kappa shape index (κ3) is 5.46. The molecule has 0 aliphatic carbocycles. The van der Waals surface area contributed by atoms with Gasteiger partial charge in [-0.3, -0.25) is 4.79 Å². The van der Waals surface area contributed by atoms with Crippen LogP contribution in [0.4, 0.5) is 5.69 Å². The molecule has 5 nitrogen and oxygen atoms in total. The molecule has 25 heavy (non-hydrogen) atoms. The number of nitrogens with two attached hydrogens (primary N) is 1. The molecule has 2 heterocycles. The molecule has 0 spiro atoms. The Morgan fingerprint density at radius 3 is 2.68 bits per heavy atom. The lowest BCUT2D eigenvalue weighted by molar-refractivity contribution is -0.116. The fraction of sp³-hybridized carbons (Fsp3) is 0.444. The van der Waals surface area contributed by atoms with E-state index < -0.39 is 0 Å². The first kappa shape index (κ1) is 21.5. The number of aryl methyl sites for hydroxylation is 1. The van der Waals surface area contributed by atoms with Crippen molar-refractivity contribution in [3.8, 4) is 11.4 Å². The van der Waals surface area contributed by atoms with Gasteiger partial charge in [0.25, 0.3) is 0 Å². The number of nitrogens with zero attached hydrogens (tertiary/aromatic N) is 2. The minimum Gasteiger partial charge on any atom is -0.328 e. The van der Waals surface area contributed by atoms with Crippen LogP contribution in [0.25, 0.3) is 11.4 Å². The van der Waals surface area contributed by atoms with Gasteiger partial charge >= 0.3 is 0 Å². The summed E-state index contributed by atoms with van der Waals surface area (Å²) in [4.78, 5) is 16.4. The minimum atomic E-state index is 0. The topological polar surface area (TPSA) is 72.9 Å². The summed E-state index contributed by atoms with van der Waals surface area (Å²) in [7, 11) is 0. The van der Waals surface area contributed by atoms with Gasteiger partial charge in [0, 0.05) is 42.1 Å². The Bertz CT molecular complexity index is 683. The normalized spacial score (nSPS) is 13.8. The highest BCUT2D eigenvalue weighted by molar-refractivity contribution is 5.90. The maximum atomic E-state index is 11.8. The van der Waals surface area contributed by atoms with E-state index in [4.69, 9.17) is 5.73 Å². The number of benzene rings is 1. The summed E-state index contributed by atoms with van der Waals surface area (Å²) in [5.74, 6) is 1.03. The van der Waals surface area contributed by atoms with Gasteiger partial charge in [-0.2, -0.15) is 0 Å². The van der Waals surface area contributed by atoms with Crippen LogP contribution in [0.15, 0.2) is 30.5 Å². The molecule has 1 aliphatic heterocycles. The maximum absolute atomic E-state index is 11.8. The van der Waals surface area contributed by atoms with Crippen molar-refractivity contribution in [2.75, 3.05) is 5.32 Å². The largest absolute Gasteiger partial charge is 0.328 e. The van der Waals surface area contributed by atoms with Gasteiger partial charge in [-0.1, -0.05) is 0 Å². The zero-order valence-corrected chi connectivity index (χ0v) is 16.0. The number of carbonyl (C=O) groups excluding carboxylic acids is 1. The molecular weight excluding hydrogens is 359 g/mol. The summed E-state index contributed by atoms with van der Waals surface area (Å²) in [6.07, 6.45) is 6.71. The van der Waals surface area contributed by atoms with Crippen LogP contribution >= 0.6 is 24.8 Å². The van der Waals surface area contributed by atoms with Crippen molar-refractivity contribution in [3.63, 3.8) is 0 Å². The predicted molar refractivity (Wildman–Crippen MR) is 107 cm³/mol. The summed E-state index contributed by atoms with van der Waals surface area (Å²) in [5, 5.41) is 2.91. The van der Waals surface area contributed by atoms with Crippen LogP contribution in [-0.4, -0.2) is 21.5 Å². The van der Waals surface area contributed by atoms with Crippen LogP contribution in [0, 0.1) is 0 Å². The molecule has 1 amide bonds. The average molecular weight is 385 g/mol. The lowest BCUT2D eigenvalue weighted by Crippen LogP contribution is -2.19. The lowest BCUT2D eigenvalue weighted by Gasteiger charge is -2.16. The molecule has 1 aliphatic rings. The van der Waals surface area contributed by atoms with Gasteiger partial charge in [0.1, 0.15) is 5.82 Å². The molecule has 0 saturated heterocycles. The second-order valence-electron chi connectivity index (χ2n) is 6.32. The zero-order valence-electron chi connectivity index (χ0n) is 14.4. The van der Waals surface area contributed by atoms with Crippen molar-refractivity contribution in [1.29, 1.82) is 0 Å². The van der Waals surface area contributed by atoms with E-state index in [1.54, 1.807) is 0 Å². The molecule has 1 unspecified atom stereocenters. The van der Waals surface area contributed by atoms with Crippen molar-refractivity contribution in [3.05, 3.63) is 36.2 Å². The van der Waals surface area contributed by atoms with Crippen LogP contribution in [0.1, 0.15) is 38.3 Å². The van der Waals surface area contributed by atoms with Gasteiger partial charge in [-0.15, -0.1) is 24.8 Å². The van der Waals surface area contributed by atoms with E-state index in [9.17, 15) is 4.79 Å². The first-order valence-electron chi connectivity index (χ1n) is 8.34. The smallest absolute Gasteiger partial charge is 0.224 e. The number of aromatic nitrogens is 2. The first-order valence-corrected chi connectivity index (χ1v) is 8.34. The first-order chi connectivity index (χ1) is 11.1. The van der Waals surface area contributed by atoms with E-state index in [1.807, 2.05) is 37.4 Å². The number of anilines is 1. The number of nitrogens with one attached hydrogen (secondary N) is 1. The Hall–Kier alpha value is -1.56. The van der Waals surface area contributed by atoms with Gasteiger partial charge in [0.15, 0.2) is 0 Å². The van der Waals surface area contributed by atoms with Crippen LogP contribution in [0.2, 0.25) is 0 Å². The molecular formula is C18H26Cl2N4O. The van der Waals surface area contributed by atoms with Crippen LogP contribution < -0.4 is 11.1 Å². The van der Waals surface area contributed by atoms with Gasteiger partial charge in [-0.25, -0.2) is 4.98 Å². The zero-order chi connectivity index (χ0) is 16.2. The number of hydrogen-bond donors (Lipinski definition) is 2. The Kier molecular flexibility index (Phi) is 8.42. The number of carbonyl (C=O) groups is 1.